The molecular formula is C14H22N2O2. The first-order valence-electron chi connectivity index (χ1n) is 6.29. The number of hydrogen-bond acceptors (Lipinski definition) is 3. The highest BCUT2D eigenvalue weighted by Gasteiger charge is 2.18. The number of nitrogens with zero attached hydrogens (tertiary/aromatic N) is 1. The van der Waals surface area contributed by atoms with Crippen molar-refractivity contribution in [1.82, 2.24) is 5.32 Å². The van der Waals surface area contributed by atoms with Gasteiger partial charge in [-0.15, -0.1) is 0 Å². The topological polar surface area (TPSA) is 52.6 Å². The molecule has 2 N–H and O–H groups in total. The molecule has 0 amide bonds. The van der Waals surface area contributed by atoms with Crippen molar-refractivity contribution in [2.45, 2.75) is 25.8 Å². The van der Waals surface area contributed by atoms with E-state index in [0.717, 1.165) is 30.6 Å². The minimum absolute atomic E-state index is 0.618. The lowest BCUT2D eigenvalue weighted by molar-refractivity contribution is -0.139. The molecule has 1 aromatic rings. The fourth-order valence-electron chi connectivity index (χ4n) is 1.74. The summed E-state index contributed by atoms with van der Waals surface area (Å²) in [5, 5.41) is 12.3. The SMILES string of the molecule is CCCCNC(C(=O)O)c1ccc(N(C)C)cc1. The fourth-order valence-corrected chi connectivity index (χ4v) is 1.74. The highest BCUT2D eigenvalue weighted by Crippen LogP contribution is 2.18. The summed E-state index contributed by atoms with van der Waals surface area (Å²) >= 11 is 0. The Morgan fingerprint density at radius 3 is 2.39 bits per heavy atom. The zero-order chi connectivity index (χ0) is 13.5. The first-order valence-corrected chi connectivity index (χ1v) is 6.29. The number of carboxylic acid groups (broad SMARTS) is 1. The Balaban J connectivity index is 2.76. The summed E-state index contributed by atoms with van der Waals surface area (Å²) in [6.07, 6.45) is 2.04. The van der Waals surface area contributed by atoms with Crippen molar-refractivity contribution in [3.8, 4) is 0 Å². The normalized spacial score (nSPS) is 12.2. The molecule has 0 saturated heterocycles. The predicted octanol–water partition coefficient (Wildman–Crippen LogP) is 2.27. The molecule has 4 heteroatoms. The molecular weight excluding hydrogens is 228 g/mol. The third kappa shape index (κ3) is 4.04. The van der Waals surface area contributed by atoms with Gasteiger partial charge in [0.2, 0.25) is 0 Å². The number of rotatable bonds is 7. The van der Waals surface area contributed by atoms with Crippen LogP contribution in [0.15, 0.2) is 24.3 Å². The number of carbonyl (C=O) groups is 1. The maximum Gasteiger partial charge on any atom is 0.325 e. The number of benzene rings is 1. The number of unbranched alkanes of at least 4 members (excludes halogenated alkanes) is 1. The van der Waals surface area contributed by atoms with E-state index in [2.05, 4.69) is 12.2 Å². The number of nitrogens with one attached hydrogen (secondary N) is 1. The van der Waals surface area contributed by atoms with E-state index in [-0.39, 0.29) is 0 Å². The Morgan fingerprint density at radius 2 is 1.94 bits per heavy atom. The average Bonchev–Trinajstić information content (AvgIpc) is 2.34. The molecule has 0 aliphatic rings. The molecule has 0 radical (unpaired) electrons. The summed E-state index contributed by atoms with van der Waals surface area (Å²) in [4.78, 5) is 13.2. The van der Waals surface area contributed by atoms with Crippen molar-refractivity contribution in [3.05, 3.63) is 29.8 Å². The molecule has 18 heavy (non-hydrogen) atoms. The molecule has 0 aromatic heterocycles. The van der Waals surface area contributed by atoms with Crippen LogP contribution in [-0.4, -0.2) is 31.7 Å². The van der Waals surface area contributed by atoms with E-state index in [9.17, 15) is 9.90 Å². The van der Waals surface area contributed by atoms with E-state index in [1.54, 1.807) is 0 Å². The minimum Gasteiger partial charge on any atom is -0.480 e. The molecule has 100 valence electrons. The van der Waals surface area contributed by atoms with Crippen molar-refractivity contribution >= 4 is 11.7 Å². The van der Waals surface area contributed by atoms with Crippen LogP contribution >= 0.6 is 0 Å². The van der Waals surface area contributed by atoms with Gasteiger partial charge in [-0.05, 0) is 30.7 Å². The lowest BCUT2D eigenvalue weighted by Crippen LogP contribution is -2.29. The molecule has 0 spiro atoms. The standard InChI is InChI=1S/C14H22N2O2/c1-4-5-10-15-13(14(17)18)11-6-8-12(9-7-11)16(2)3/h6-9,13,15H,4-5,10H2,1-3H3,(H,17,18). The Bertz CT molecular complexity index is 374. The molecule has 0 fully saturated rings. The van der Waals surface area contributed by atoms with Gasteiger partial charge in [0, 0.05) is 19.8 Å². The van der Waals surface area contributed by atoms with Crippen molar-refractivity contribution in [2.24, 2.45) is 0 Å². The van der Waals surface area contributed by atoms with E-state index in [4.69, 9.17) is 0 Å². The van der Waals surface area contributed by atoms with Crippen LogP contribution in [0.2, 0.25) is 0 Å². The van der Waals surface area contributed by atoms with Crippen LogP contribution in [0.5, 0.6) is 0 Å². The van der Waals surface area contributed by atoms with E-state index in [1.807, 2.05) is 43.3 Å². The molecule has 1 aromatic carbocycles. The summed E-state index contributed by atoms with van der Waals surface area (Å²) in [6.45, 7) is 2.81. The van der Waals surface area contributed by atoms with Crippen molar-refractivity contribution in [3.63, 3.8) is 0 Å². The molecule has 0 heterocycles. The zero-order valence-corrected chi connectivity index (χ0v) is 11.3. The van der Waals surface area contributed by atoms with Gasteiger partial charge in [-0.1, -0.05) is 25.5 Å². The first-order chi connectivity index (χ1) is 8.56. The maximum absolute atomic E-state index is 11.2. The van der Waals surface area contributed by atoms with Gasteiger partial charge < -0.3 is 15.3 Å². The van der Waals surface area contributed by atoms with Gasteiger partial charge in [0.05, 0.1) is 0 Å². The van der Waals surface area contributed by atoms with Crippen LogP contribution in [0.4, 0.5) is 5.69 Å². The van der Waals surface area contributed by atoms with Crippen LogP contribution in [0.3, 0.4) is 0 Å². The van der Waals surface area contributed by atoms with Crippen LogP contribution in [0, 0.1) is 0 Å². The maximum atomic E-state index is 11.2. The third-order valence-corrected chi connectivity index (χ3v) is 2.87. The third-order valence-electron chi connectivity index (χ3n) is 2.87. The quantitative estimate of drug-likeness (QED) is 0.729. The molecule has 1 unspecified atom stereocenters. The second-order valence-electron chi connectivity index (χ2n) is 4.56. The Labute approximate surface area is 109 Å². The average molecular weight is 250 g/mol. The Hall–Kier alpha value is -1.55. The zero-order valence-electron chi connectivity index (χ0n) is 11.3. The number of anilines is 1. The van der Waals surface area contributed by atoms with Gasteiger partial charge in [-0.2, -0.15) is 0 Å². The van der Waals surface area contributed by atoms with Gasteiger partial charge in [-0.25, -0.2) is 0 Å². The van der Waals surface area contributed by atoms with Crippen molar-refractivity contribution < 1.29 is 9.90 Å². The van der Waals surface area contributed by atoms with Crippen molar-refractivity contribution in [1.29, 1.82) is 0 Å². The van der Waals surface area contributed by atoms with E-state index in [1.165, 1.54) is 0 Å². The summed E-state index contributed by atoms with van der Waals surface area (Å²) in [6, 6.07) is 6.99. The predicted molar refractivity (Wildman–Crippen MR) is 74.1 cm³/mol. The first kappa shape index (κ1) is 14.5. The summed E-state index contributed by atoms with van der Waals surface area (Å²) in [5.74, 6) is -0.830. The second-order valence-corrected chi connectivity index (χ2v) is 4.56. The van der Waals surface area contributed by atoms with Crippen molar-refractivity contribution in [2.75, 3.05) is 25.5 Å². The number of aliphatic carboxylic acids is 1. The van der Waals surface area contributed by atoms with Gasteiger partial charge in [0.15, 0.2) is 0 Å². The molecule has 1 rings (SSSR count). The summed E-state index contributed by atoms with van der Waals surface area (Å²) in [5.41, 5.74) is 1.86. The number of carboxylic acids is 1. The lowest BCUT2D eigenvalue weighted by Gasteiger charge is -2.17. The van der Waals surface area contributed by atoms with E-state index < -0.39 is 12.0 Å². The molecule has 1 atom stereocenters. The van der Waals surface area contributed by atoms with E-state index >= 15 is 0 Å². The molecule has 4 nitrogen and oxygen atoms in total. The number of hydrogen-bond donors (Lipinski definition) is 2. The van der Waals surface area contributed by atoms with Crippen LogP contribution in [0.25, 0.3) is 0 Å². The highest BCUT2D eigenvalue weighted by molar-refractivity contribution is 5.75. The van der Waals surface area contributed by atoms with Gasteiger partial charge in [-0.3, -0.25) is 4.79 Å². The van der Waals surface area contributed by atoms with Gasteiger partial charge >= 0.3 is 5.97 Å². The smallest absolute Gasteiger partial charge is 0.325 e. The van der Waals surface area contributed by atoms with Gasteiger partial charge in [0.1, 0.15) is 6.04 Å². The summed E-state index contributed by atoms with van der Waals surface area (Å²) in [7, 11) is 3.92. The van der Waals surface area contributed by atoms with Crippen LogP contribution < -0.4 is 10.2 Å². The highest BCUT2D eigenvalue weighted by atomic mass is 16.4. The Kier molecular flexibility index (Phi) is 5.65. The molecule has 0 aliphatic carbocycles. The fraction of sp³-hybridized carbons (Fsp3) is 0.500. The van der Waals surface area contributed by atoms with Gasteiger partial charge in [0.25, 0.3) is 0 Å². The largest absolute Gasteiger partial charge is 0.480 e. The molecule has 0 aliphatic heterocycles. The second kappa shape index (κ2) is 7.01. The molecule has 0 saturated carbocycles. The lowest BCUT2D eigenvalue weighted by atomic mass is 10.1. The van der Waals surface area contributed by atoms with Crippen LogP contribution in [0.1, 0.15) is 31.4 Å². The Morgan fingerprint density at radius 1 is 1.33 bits per heavy atom. The summed E-state index contributed by atoms with van der Waals surface area (Å²) < 4.78 is 0. The monoisotopic (exact) mass is 250 g/mol. The minimum atomic E-state index is -0.830. The molecule has 0 bridgehead atoms. The van der Waals surface area contributed by atoms with E-state index in [0.29, 0.717) is 0 Å². The van der Waals surface area contributed by atoms with Crippen LogP contribution in [-0.2, 0) is 4.79 Å².